The molecule has 1 aromatic heterocycles. The van der Waals surface area contributed by atoms with Gasteiger partial charge in [-0.05, 0) is 47.3 Å². The molecule has 0 aliphatic rings. The first-order valence-electron chi connectivity index (χ1n) is 13.9. The van der Waals surface area contributed by atoms with Crippen LogP contribution in [0.25, 0.3) is 0 Å². The Bertz CT molecular complexity index is 1440. The number of hydrogen-bond donors (Lipinski definition) is 2. The zero-order valence-electron chi connectivity index (χ0n) is 22.9. The molecule has 4 aromatic carbocycles. The molecule has 0 saturated carbocycles. The first-order chi connectivity index (χ1) is 20.2. The zero-order valence-corrected chi connectivity index (χ0v) is 23.8. The van der Waals surface area contributed by atoms with Crippen molar-refractivity contribution < 1.29 is 4.79 Å². The van der Waals surface area contributed by atoms with Crippen LogP contribution in [-0.4, -0.2) is 33.5 Å². The molecule has 0 spiro atoms. The summed E-state index contributed by atoms with van der Waals surface area (Å²) in [6.07, 6.45) is 6.15. The highest BCUT2D eigenvalue weighted by atomic mass is 32.1. The van der Waals surface area contributed by atoms with Crippen molar-refractivity contribution in [2.24, 2.45) is 0 Å². The SMILES string of the molecule is O=C(CNC(=S)NCCCc1cn(C(c2ccccc2)(c2ccccc2)c2ccccc2)cn1)Cc1ccccc1. The molecule has 5 nitrogen and oxygen atoms in total. The fourth-order valence-electron chi connectivity index (χ4n) is 5.26. The number of nitrogens with zero attached hydrogens (tertiary/aromatic N) is 2. The maximum atomic E-state index is 12.3. The van der Waals surface area contributed by atoms with Crippen LogP contribution in [0.4, 0.5) is 0 Å². The number of carbonyl (C=O) groups excluding carboxylic acids is 1. The zero-order chi connectivity index (χ0) is 28.3. The lowest BCUT2D eigenvalue weighted by Crippen LogP contribution is -2.39. The second kappa shape index (κ2) is 13.7. The van der Waals surface area contributed by atoms with Gasteiger partial charge in [-0.2, -0.15) is 0 Å². The van der Waals surface area contributed by atoms with E-state index in [-0.39, 0.29) is 12.3 Å². The van der Waals surface area contributed by atoms with Crippen molar-refractivity contribution in [2.45, 2.75) is 24.8 Å². The van der Waals surface area contributed by atoms with E-state index in [9.17, 15) is 4.79 Å². The van der Waals surface area contributed by atoms with Gasteiger partial charge in [0, 0.05) is 19.2 Å². The second-order valence-corrected chi connectivity index (χ2v) is 10.4. The lowest BCUT2D eigenvalue weighted by atomic mass is 9.77. The third kappa shape index (κ3) is 6.79. The highest BCUT2D eigenvalue weighted by Crippen LogP contribution is 2.40. The number of aromatic nitrogens is 2. The van der Waals surface area contributed by atoms with E-state index in [4.69, 9.17) is 17.2 Å². The van der Waals surface area contributed by atoms with E-state index < -0.39 is 5.54 Å². The molecule has 2 N–H and O–H groups in total. The predicted molar refractivity (Wildman–Crippen MR) is 169 cm³/mol. The summed E-state index contributed by atoms with van der Waals surface area (Å²) < 4.78 is 2.24. The predicted octanol–water partition coefficient (Wildman–Crippen LogP) is 5.93. The molecule has 0 atom stereocenters. The second-order valence-electron chi connectivity index (χ2n) is 9.99. The molecule has 0 unspecified atom stereocenters. The fraction of sp³-hybridized carbons (Fsp3) is 0.171. The molecule has 0 radical (unpaired) electrons. The minimum Gasteiger partial charge on any atom is -0.363 e. The van der Waals surface area contributed by atoms with Gasteiger partial charge in [0.25, 0.3) is 0 Å². The van der Waals surface area contributed by atoms with Gasteiger partial charge in [-0.15, -0.1) is 0 Å². The van der Waals surface area contributed by atoms with Crippen LogP contribution in [0.2, 0.25) is 0 Å². The molecule has 206 valence electrons. The quantitative estimate of drug-likeness (QED) is 0.113. The molecule has 0 aliphatic heterocycles. The van der Waals surface area contributed by atoms with E-state index in [0.29, 0.717) is 18.1 Å². The molecular weight excluding hydrogens is 524 g/mol. The normalized spacial score (nSPS) is 11.1. The fourth-order valence-corrected chi connectivity index (χ4v) is 5.43. The molecule has 0 fully saturated rings. The standard InChI is InChI=1S/C35H34N4OS/c40-33(24-28-14-5-1-6-15-28)25-37-34(41)36-23-13-22-32-26-39(27-38-32)35(29-16-7-2-8-17-29,30-18-9-3-10-19-30)31-20-11-4-12-21-31/h1-12,14-21,26-27H,13,22-25H2,(H2,36,37,41). The third-order valence-electron chi connectivity index (χ3n) is 7.18. The van der Waals surface area contributed by atoms with Crippen LogP contribution >= 0.6 is 12.2 Å². The van der Waals surface area contributed by atoms with Crippen molar-refractivity contribution >= 4 is 23.1 Å². The van der Waals surface area contributed by atoms with Gasteiger partial charge in [0.05, 0.1) is 18.6 Å². The number of imidazole rings is 1. The average Bonchev–Trinajstić information content (AvgIpc) is 3.50. The summed E-state index contributed by atoms with van der Waals surface area (Å²) in [7, 11) is 0. The number of ketones is 1. The van der Waals surface area contributed by atoms with Gasteiger partial charge < -0.3 is 15.2 Å². The summed E-state index contributed by atoms with van der Waals surface area (Å²) in [4.78, 5) is 17.1. The van der Waals surface area contributed by atoms with Gasteiger partial charge in [0.15, 0.2) is 10.9 Å². The number of aryl methyl sites for hydroxylation is 1. The highest BCUT2D eigenvalue weighted by molar-refractivity contribution is 7.80. The number of benzene rings is 4. The van der Waals surface area contributed by atoms with E-state index in [0.717, 1.165) is 24.1 Å². The molecular formula is C35H34N4OS. The van der Waals surface area contributed by atoms with Gasteiger partial charge in [-0.1, -0.05) is 121 Å². The van der Waals surface area contributed by atoms with Crippen molar-refractivity contribution in [3.63, 3.8) is 0 Å². The van der Waals surface area contributed by atoms with Crippen LogP contribution in [-0.2, 0) is 23.2 Å². The van der Waals surface area contributed by atoms with Crippen LogP contribution in [0, 0.1) is 0 Å². The summed E-state index contributed by atoms with van der Waals surface area (Å²) in [6, 6.07) is 41.5. The summed E-state index contributed by atoms with van der Waals surface area (Å²) in [5, 5.41) is 6.74. The van der Waals surface area contributed by atoms with Crippen LogP contribution in [0.3, 0.4) is 0 Å². The molecule has 0 bridgehead atoms. The summed E-state index contributed by atoms with van der Waals surface area (Å²) in [5.41, 5.74) is 4.96. The lowest BCUT2D eigenvalue weighted by molar-refractivity contribution is -0.117. The Morgan fingerprint density at radius 3 is 1.78 bits per heavy atom. The van der Waals surface area contributed by atoms with Gasteiger partial charge >= 0.3 is 0 Å². The van der Waals surface area contributed by atoms with Gasteiger partial charge in [-0.25, -0.2) is 4.98 Å². The Labute approximate surface area is 247 Å². The molecule has 41 heavy (non-hydrogen) atoms. The van der Waals surface area contributed by atoms with Crippen molar-refractivity contribution in [1.82, 2.24) is 20.2 Å². The smallest absolute Gasteiger partial charge is 0.166 e. The highest BCUT2D eigenvalue weighted by Gasteiger charge is 2.38. The topological polar surface area (TPSA) is 59.0 Å². The van der Waals surface area contributed by atoms with Crippen molar-refractivity contribution in [3.05, 3.63) is 162 Å². The average molecular weight is 559 g/mol. The molecule has 1 heterocycles. The van der Waals surface area contributed by atoms with E-state index in [1.54, 1.807) is 0 Å². The first-order valence-corrected chi connectivity index (χ1v) is 14.3. The lowest BCUT2D eigenvalue weighted by Gasteiger charge is -2.37. The number of thiocarbonyl (C=S) groups is 1. The number of nitrogens with one attached hydrogen (secondary N) is 2. The summed E-state index contributed by atoms with van der Waals surface area (Å²) >= 11 is 5.39. The third-order valence-corrected chi connectivity index (χ3v) is 7.47. The number of Topliss-reactive ketones (excluding diaryl/α,β-unsaturated/α-hetero) is 1. The molecule has 0 saturated heterocycles. The Morgan fingerprint density at radius 2 is 1.24 bits per heavy atom. The molecule has 5 aromatic rings. The van der Waals surface area contributed by atoms with Crippen molar-refractivity contribution in [3.8, 4) is 0 Å². The Balaban J connectivity index is 1.25. The molecule has 0 aliphatic carbocycles. The maximum Gasteiger partial charge on any atom is 0.166 e. The molecule has 5 rings (SSSR count). The van der Waals surface area contributed by atoms with Gasteiger partial charge in [0.1, 0.15) is 5.54 Å². The summed E-state index contributed by atoms with van der Waals surface area (Å²) in [5.74, 6) is 0.102. The monoisotopic (exact) mass is 558 g/mol. The largest absolute Gasteiger partial charge is 0.363 e. The van der Waals surface area contributed by atoms with Crippen LogP contribution in [0.5, 0.6) is 0 Å². The summed E-state index contributed by atoms with van der Waals surface area (Å²) in [6.45, 7) is 0.901. The minimum atomic E-state index is -0.564. The first kappa shape index (κ1) is 28.0. The number of hydrogen-bond acceptors (Lipinski definition) is 3. The van der Waals surface area contributed by atoms with Crippen molar-refractivity contribution in [2.75, 3.05) is 13.1 Å². The van der Waals surface area contributed by atoms with Crippen molar-refractivity contribution in [1.29, 1.82) is 0 Å². The van der Waals surface area contributed by atoms with E-state index >= 15 is 0 Å². The number of rotatable bonds is 12. The number of carbonyl (C=O) groups is 1. The van der Waals surface area contributed by atoms with Gasteiger partial charge in [0.2, 0.25) is 0 Å². The van der Waals surface area contributed by atoms with Gasteiger partial charge in [-0.3, -0.25) is 4.79 Å². The minimum absolute atomic E-state index is 0.102. The van der Waals surface area contributed by atoms with E-state index in [1.807, 2.05) is 36.7 Å². The Morgan fingerprint density at radius 1 is 0.732 bits per heavy atom. The van der Waals surface area contributed by atoms with E-state index in [2.05, 4.69) is 112 Å². The maximum absolute atomic E-state index is 12.3. The Kier molecular flexibility index (Phi) is 9.34. The van der Waals surface area contributed by atoms with Crippen LogP contribution in [0.15, 0.2) is 134 Å². The molecule has 0 amide bonds. The van der Waals surface area contributed by atoms with E-state index in [1.165, 1.54) is 16.7 Å². The Hall–Kier alpha value is -4.55. The van der Waals surface area contributed by atoms with Crippen LogP contribution < -0.4 is 10.6 Å². The van der Waals surface area contributed by atoms with Crippen LogP contribution in [0.1, 0.15) is 34.4 Å². The molecule has 6 heteroatoms.